The number of esters is 1. The molecule has 0 spiro atoms. The molecule has 8 nitrogen and oxygen atoms in total. The van der Waals surface area contributed by atoms with E-state index in [-0.39, 0.29) is 12.0 Å². The van der Waals surface area contributed by atoms with Crippen molar-refractivity contribution in [3.05, 3.63) is 11.6 Å². The molecule has 6 N–H and O–H groups in total. The number of hydrogen-bond donors (Lipinski definition) is 5. The molecule has 0 fully saturated rings. The zero-order chi connectivity index (χ0) is 13.9. The minimum Gasteiger partial charge on any atom is -0.480 e. The summed E-state index contributed by atoms with van der Waals surface area (Å²) in [5, 5.41) is 36.4. The molecule has 1 aliphatic carbocycles. The van der Waals surface area contributed by atoms with Crippen molar-refractivity contribution < 1.29 is 34.8 Å². The molecule has 0 aromatic heterocycles. The van der Waals surface area contributed by atoms with Crippen molar-refractivity contribution in [2.24, 2.45) is 5.73 Å². The van der Waals surface area contributed by atoms with Gasteiger partial charge in [-0.15, -0.1) is 0 Å². The van der Waals surface area contributed by atoms with E-state index >= 15 is 0 Å². The summed E-state index contributed by atoms with van der Waals surface area (Å²) in [6.45, 7) is -0.514. The van der Waals surface area contributed by atoms with E-state index in [1.807, 2.05) is 0 Å². The third kappa shape index (κ3) is 3.50. The van der Waals surface area contributed by atoms with Gasteiger partial charge in [0.05, 0.1) is 6.10 Å². The molecule has 0 bridgehead atoms. The van der Waals surface area contributed by atoms with Crippen LogP contribution in [0.3, 0.4) is 0 Å². The molecule has 3 unspecified atom stereocenters. The maximum Gasteiger partial charge on any atom is 0.333 e. The Bertz CT molecular complexity index is 367. The quantitative estimate of drug-likeness (QED) is 0.344. The van der Waals surface area contributed by atoms with Crippen LogP contribution in [0, 0.1) is 0 Å². The largest absolute Gasteiger partial charge is 0.480 e. The van der Waals surface area contributed by atoms with Crippen LogP contribution in [-0.4, -0.2) is 63.3 Å². The second kappa shape index (κ2) is 5.91. The lowest BCUT2D eigenvalue weighted by Gasteiger charge is -2.26. The summed E-state index contributed by atoms with van der Waals surface area (Å²) in [6.07, 6.45) is -3.13. The molecule has 0 saturated heterocycles. The number of hydrogen-bond acceptors (Lipinski definition) is 7. The highest BCUT2D eigenvalue weighted by Gasteiger charge is 2.32. The average Bonchev–Trinajstić information content (AvgIpc) is 2.31. The molecule has 18 heavy (non-hydrogen) atoms. The lowest BCUT2D eigenvalue weighted by atomic mass is 9.92. The van der Waals surface area contributed by atoms with Gasteiger partial charge < -0.3 is 30.9 Å². The summed E-state index contributed by atoms with van der Waals surface area (Å²) in [6, 6.07) is -1.33. The topological polar surface area (TPSA) is 150 Å². The van der Waals surface area contributed by atoms with E-state index in [4.69, 9.17) is 10.8 Å². The summed E-state index contributed by atoms with van der Waals surface area (Å²) >= 11 is 0. The van der Waals surface area contributed by atoms with Crippen LogP contribution < -0.4 is 5.73 Å². The normalized spacial score (nSPS) is 29.3. The van der Waals surface area contributed by atoms with Crippen molar-refractivity contribution in [2.45, 2.75) is 30.8 Å². The molecular weight excluding hydrogens is 246 g/mol. The van der Waals surface area contributed by atoms with E-state index in [1.54, 1.807) is 0 Å². The molecule has 4 atom stereocenters. The van der Waals surface area contributed by atoms with Crippen molar-refractivity contribution in [1.82, 2.24) is 0 Å². The maximum absolute atomic E-state index is 11.5. The van der Waals surface area contributed by atoms with Crippen molar-refractivity contribution >= 4 is 11.9 Å². The Labute approximate surface area is 102 Å². The van der Waals surface area contributed by atoms with Crippen LogP contribution in [0.2, 0.25) is 0 Å². The highest BCUT2D eigenvalue weighted by Crippen LogP contribution is 2.20. The van der Waals surface area contributed by atoms with Gasteiger partial charge in [-0.3, -0.25) is 4.79 Å². The lowest BCUT2D eigenvalue weighted by Crippen LogP contribution is -2.41. The first-order chi connectivity index (χ1) is 8.32. The first-order valence-electron chi connectivity index (χ1n) is 5.23. The Balaban J connectivity index is 2.57. The van der Waals surface area contributed by atoms with Gasteiger partial charge in [0.25, 0.3) is 0 Å². The van der Waals surface area contributed by atoms with Crippen LogP contribution in [0.4, 0.5) is 0 Å². The molecule has 0 saturated carbocycles. The fraction of sp³-hybridized carbons (Fsp3) is 0.600. The number of rotatable bonds is 4. The number of aliphatic hydroxyl groups is 3. The fourth-order valence-corrected chi connectivity index (χ4v) is 1.43. The van der Waals surface area contributed by atoms with E-state index in [2.05, 4.69) is 4.74 Å². The van der Waals surface area contributed by atoms with Gasteiger partial charge in [-0.05, 0) is 6.08 Å². The number of nitrogens with two attached hydrogens (primary N) is 1. The van der Waals surface area contributed by atoms with Gasteiger partial charge in [0, 0.05) is 12.0 Å². The minimum atomic E-state index is -1.37. The second-order valence-electron chi connectivity index (χ2n) is 3.99. The number of carboxylic acid groups (broad SMARTS) is 1. The third-order valence-corrected chi connectivity index (χ3v) is 2.52. The second-order valence-corrected chi connectivity index (χ2v) is 3.99. The Morgan fingerprint density at radius 1 is 1.44 bits per heavy atom. The van der Waals surface area contributed by atoms with Crippen LogP contribution in [0.25, 0.3) is 0 Å². The molecule has 1 aliphatic rings. The maximum atomic E-state index is 11.5. The van der Waals surface area contributed by atoms with Gasteiger partial charge in [0.2, 0.25) is 0 Å². The fourth-order valence-electron chi connectivity index (χ4n) is 1.43. The van der Waals surface area contributed by atoms with Crippen LogP contribution >= 0.6 is 0 Å². The number of aliphatic carboxylic acids is 1. The summed E-state index contributed by atoms with van der Waals surface area (Å²) < 4.78 is 4.62. The molecule has 0 aliphatic heterocycles. The molecule has 0 aromatic rings. The van der Waals surface area contributed by atoms with Gasteiger partial charge in [0.1, 0.15) is 24.9 Å². The van der Waals surface area contributed by atoms with Crippen LogP contribution in [0.1, 0.15) is 6.42 Å². The van der Waals surface area contributed by atoms with Gasteiger partial charge in [0.15, 0.2) is 0 Å². The van der Waals surface area contributed by atoms with Crippen LogP contribution in [-0.2, 0) is 14.3 Å². The summed E-state index contributed by atoms with van der Waals surface area (Å²) in [4.78, 5) is 21.9. The smallest absolute Gasteiger partial charge is 0.333 e. The predicted octanol–water partition coefficient (Wildman–Crippen LogP) is -2.65. The molecule has 102 valence electrons. The molecule has 0 radical (unpaired) electrons. The SMILES string of the molecule is N[C@@H](COC(=O)C1=CC(O)C(O)C(O)C1)C(=O)O. The third-order valence-electron chi connectivity index (χ3n) is 2.52. The van der Waals surface area contributed by atoms with E-state index < -0.39 is 42.9 Å². The number of carbonyl (C=O) groups excluding carboxylic acids is 1. The zero-order valence-electron chi connectivity index (χ0n) is 9.39. The number of aliphatic hydroxyl groups excluding tert-OH is 3. The van der Waals surface area contributed by atoms with Crippen LogP contribution in [0.5, 0.6) is 0 Å². The first kappa shape index (κ1) is 14.6. The predicted molar refractivity (Wildman–Crippen MR) is 57.3 cm³/mol. The summed E-state index contributed by atoms with van der Waals surface area (Å²) in [7, 11) is 0. The van der Waals surface area contributed by atoms with E-state index in [0.717, 1.165) is 6.08 Å². The van der Waals surface area contributed by atoms with Gasteiger partial charge in [-0.2, -0.15) is 0 Å². The molecule has 8 heteroatoms. The summed E-state index contributed by atoms with van der Waals surface area (Å²) in [5.41, 5.74) is 5.11. The molecular formula is C10H15NO7. The van der Waals surface area contributed by atoms with E-state index in [1.165, 1.54) is 0 Å². The van der Waals surface area contributed by atoms with Crippen molar-refractivity contribution in [1.29, 1.82) is 0 Å². The lowest BCUT2D eigenvalue weighted by molar-refractivity contribution is -0.145. The number of carboxylic acids is 1. The number of carbonyl (C=O) groups is 2. The van der Waals surface area contributed by atoms with Crippen LogP contribution in [0.15, 0.2) is 11.6 Å². The Hall–Kier alpha value is -1.48. The minimum absolute atomic E-state index is 0.0297. The highest BCUT2D eigenvalue weighted by atomic mass is 16.5. The Kier molecular flexibility index (Phi) is 4.79. The number of ether oxygens (including phenoxy) is 1. The van der Waals surface area contributed by atoms with Gasteiger partial charge in [-0.25, -0.2) is 4.79 Å². The van der Waals surface area contributed by atoms with Gasteiger partial charge in [-0.1, -0.05) is 0 Å². The van der Waals surface area contributed by atoms with E-state index in [0.29, 0.717) is 0 Å². The Morgan fingerprint density at radius 2 is 2.06 bits per heavy atom. The average molecular weight is 261 g/mol. The zero-order valence-corrected chi connectivity index (χ0v) is 9.39. The van der Waals surface area contributed by atoms with Crippen molar-refractivity contribution in [3.63, 3.8) is 0 Å². The van der Waals surface area contributed by atoms with Crippen molar-refractivity contribution in [3.8, 4) is 0 Å². The molecule has 0 heterocycles. The first-order valence-corrected chi connectivity index (χ1v) is 5.23. The van der Waals surface area contributed by atoms with E-state index in [9.17, 15) is 24.9 Å². The highest BCUT2D eigenvalue weighted by molar-refractivity contribution is 5.89. The Morgan fingerprint density at radius 3 is 2.56 bits per heavy atom. The molecule has 1 rings (SSSR count). The standard InChI is InChI=1S/C10H15NO7/c11-5(9(15)16)3-18-10(17)4-1-6(12)8(14)7(13)2-4/h1,5-8,12-14H,2-3,11H2,(H,15,16)/t5-,6?,7?,8?/m0/s1. The molecule has 0 amide bonds. The summed E-state index contributed by atoms with van der Waals surface area (Å²) in [5.74, 6) is -2.19. The molecule has 0 aromatic carbocycles. The monoisotopic (exact) mass is 261 g/mol. The van der Waals surface area contributed by atoms with Gasteiger partial charge >= 0.3 is 11.9 Å². The van der Waals surface area contributed by atoms with Crippen molar-refractivity contribution in [2.75, 3.05) is 6.61 Å².